The van der Waals surface area contributed by atoms with Gasteiger partial charge in [0.05, 0.1) is 12.7 Å². The van der Waals surface area contributed by atoms with Gasteiger partial charge in [-0.05, 0) is 35.2 Å². The average molecular weight is 342 g/mol. The number of hydrogen-bond acceptors (Lipinski definition) is 1. The highest BCUT2D eigenvalue weighted by atomic mass is 19.4. The summed E-state index contributed by atoms with van der Waals surface area (Å²) in [5.41, 5.74) is 0.894. The van der Waals surface area contributed by atoms with E-state index >= 15 is 0 Å². The predicted molar refractivity (Wildman–Crippen MR) is 88.8 cm³/mol. The smallest absolute Gasteiger partial charge is 0.416 e. The number of alkyl halides is 3. The van der Waals surface area contributed by atoms with E-state index in [0.29, 0.717) is 22.4 Å². The Hall–Kier alpha value is -2.04. The van der Waals surface area contributed by atoms with E-state index in [9.17, 15) is 17.6 Å². The predicted octanol–water partition coefficient (Wildman–Crippen LogP) is 6.67. The Morgan fingerprint density at radius 3 is 1.92 bits per heavy atom. The molecule has 0 heterocycles. The Morgan fingerprint density at radius 1 is 0.958 bits per heavy atom. The molecule has 0 aromatic heterocycles. The SMILES string of the molecule is CC.COc1cc(F)c(C(C)C)cc1-c1ccc(C(F)(F)F)cc1. The van der Waals surface area contributed by atoms with E-state index in [-0.39, 0.29) is 11.7 Å². The fraction of sp³-hybridized carbons (Fsp3) is 0.368. The minimum atomic E-state index is -4.38. The van der Waals surface area contributed by atoms with E-state index < -0.39 is 11.7 Å². The molecule has 0 saturated heterocycles. The van der Waals surface area contributed by atoms with Crippen LogP contribution in [0.15, 0.2) is 36.4 Å². The van der Waals surface area contributed by atoms with Crippen LogP contribution in [-0.4, -0.2) is 7.11 Å². The summed E-state index contributed by atoms with van der Waals surface area (Å²) in [5.74, 6) is -0.136. The van der Waals surface area contributed by atoms with E-state index in [1.807, 2.05) is 27.7 Å². The molecule has 0 aliphatic rings. The number of halogens is 4. The van der Waals surface area contributed by atoms with Gasteiger partial charge in [0.2, 0.25) is 0 Å². The number of ether oxygens (including phenoxy) is 1. The first-order valence-electron chi connectivity index (χ1n) is 7.79. The molecule has 2 aromatic rings. The molecule has 0 radical (unpaired) electrons. The number of hydrogen-bond donors (Lipinski definition) is 0. The van der Waals surface area contributed by atoms with Crippen LogP contribution < -0.4 is 4.74 Å². The zero-order valence-electron chi connectivity index (χ0n) is 14.5. The zero-order valence-corrected chi connectivity index (χ0v) is 14.5. The Morgan fingerprint density at radius 2 is 1.50 bits per heavy atom. The molecule has 0 spiro atoms. The topological polar surface area (TPSA) is 9.23 Å². The van der Waals surface area contributed by atoms with Crippen molar-refractivity contribution in [3.63, 3.8) is 0 Å². The molecule has 0 aliphatic carbocycles. The van der Waals surface area contributed by atoms with Crippen molar-refractivity contribution < 1.29 is 22.3 Å². The lowest BCUT2D eigenvalue weighted by atomic mass is 9.95. The molecule has 0 atom stereocenters. The minimum absolute atomic E-state index is 0.0425. The van der Waals surface area contributed by atoms with Crippen molar-refractivity contribution in [2.75, 3.05) is 7.11 Å². The quantitative estimate of drug-likeness (QED) is 0.566. The fourth-order valence-electron chi connectivity index (χ4n) is 2.25. The van der Waals surface area contributed by atoms with Gasteiger partial charge in [-0.1, -0.05) is 39.8 Å². The standard InChI is InChI=1S/C17H16F4O.C2H6/c1-10(2)13-8-14(16(22-3)9-15(13)18)11-4-6-12(7-5-11)17(19,20)21;1-2/h4-10H,1-3H3;1-2H3. The van der Waals surface area contributed by atoms with E-state index in [1.54, 1.807) is 6.07 Å². The minimum Gasteiger partial charge on any atom is -0.496 e. The molecule has 0 fully saturated rings. The van der Waals surface area contributed by atoms with Crippen molar-refractivity contribution >= 4 is 0 Å². The molecule has 5 heteroatoms. The largest absolute Gasteiger partial charge is 0.496 e. The third-order valence-corrected chi connectivity index (χ3v) is 3.46. The third kappa shape index (κ3) is 4.49. The molecule has 0 aliphatic heterocycles. The monoisotopic (exact) mass is 342 g/mol. The summed E-state index contributed by atoms with van der Waals surface area (Å²) in [6.45, 7) is 7.70. The van der Waals surface area contributed by atoms with Crippen LogP contribution in [0, 0.1) is 5.82 Å². The highest BCUT2D eigenvalue weighted by molar-refractivity contribution is 5.71. The van der Waals surface area contributed by atoms with Crippen molar-refractivity contribution in [2.24, 2.45) is 0 Å². The van der Waals surface area contributed by atoms with Crippen molar-refractivity contribution in [2.45, 2.75) is 39.8 Å². The Balaban J connectivity index is 0.00000139. The number of rotatable bonds is 3. The second-order valence-corrected chi connectivity index (χ2v) is 5.30. The molecule has 2 rings (SSSR count). The number of methoxy groups -OCH3 is 1. The van der Waals surface area contributed by atoms with Crippen LogP contribution in [-0.2, 0) is 6.18 Å². The van der Waals surface area contributed by atoms with Gasteiger partial charge in [-0.3, -0.25) is 0 Å². The molecule has 24 heavy (non-hydrogen) atoms. The van der Waals surface area contributed by atoms with Gasteiger partial charge in [-0.15, -0.1) is 0 Å². The lowest BCUT2D eigenvalue weighted by Gasteiger charge is -2.15. The second-order valence-electron chi connectivity index (χ2n) is 5.30. The molecule has 2 aromatic carbocycles. The molecule has 132 valence electrons. The van der Waals surface area contributed by atoms with Crippen LogP contribution in [0.25, 0.3) is 11.1 Å². The Bertz CT molecular complexity index is 658. The van der Waals surface area contributed by atoms with Crippen molar-refractivity contribution in [1.29, 1.82) is 0 Å². The Labute approximate surface area is 140 Å². The first-order chi connectivity index (χ1) is 11.2. The van der Waals surface area contributed by atoms with E-state index in [4.69, 9.17) is 4.74 Å². The summed E-state index contributed by atoms with van der Waals surface area (Å²) in [4.78, 5) is 0. The molecular weight excluding hydrogens is 320 g/mol. The van der Waals surface area contributed by atoms with Crippen molar-refractivity contribution in [3.05, 3.63) is 53.3 Å². The second kappa shape index (κ2) is 8.18. The molecular formula is C19H22F4O. The van der Waals surface area contributed by atoms with Crippen LogP contribution in [0.3, 0.4) is 0 Å². The molecule has 0 N–H and O–H groups in total. The van der Waals surface area contributed by atoms with Gasteiger partial charge in [0, 0.05) is 11.6 Å². The highest BCUT2D eigenvalue weighted by Gasteiger charge is 2.30. The maximum Gasteiger partial charge on any atom is 0.416 e. The average Bonchev–Trinajstić information content (AvgIpc) is 2.55. The van der Waals surface area contributed by atoms with Gasteiger partial charge < -0.3 is 4.74 Å². The van der Waals surface area contributed by atoms with Gasteiger partial charge >= 0.3 is 6.18 Å². The summed E-state index contributed by atoms with van der Waals surface area (Å²) < 4.78 is 57.0. The summed E-state index contributed by atoms with van der Waals surface area (Å²) in [6.07, 6.45) is -4.38. The first-order valence-corrected chi connectivity index (χ1v) is 7.79. The normalized spacial score (nSPS) is 11.1. The molecule has 0 amide bonds. The third-order valence-electron chi connectivity index (χ3n) is 3.46. The molecule has 0 saturated carbocycles. The van der Waals surface area contributed by atoms with Gasteiger partial charge in [0.1, 0.15) is 11.6 Å². The lowest BCUT2D eigenvalue weighted by Crippen LogP contribution is -2.04. The maximum atomic E-state index is 14.0. The first kappa shape index (κ1) is 20.0. The molecule has 0 bridgehead atoms. The van der Waals surface area contributed by atoms with Crippen LogP contribution in [0.1, 0.15) is 44.7 Å². The highest BCUT2D eigenvalue weighted by Crippen LogP contribution is 2.36. The van der Waals surface area contributed by atoms with E-state index in [0.717, 1.165) is 12.1 Å². The summed E-state index contributed by atoms with van der Waals surface area (Å²) in [5, 5.41) is 0. The van der Waals surface area contributed by atoms with Gasteiger partial charge in [-0.25, -0.2) is 4.39 Å². The summed E-state index contributed by atoms with van der Waals surface area (Å²) >= 11 is 0. The van der Waals surface area contributed by atoms with Crippen LogP contribution in [0.2, 0.25) is 0 Å². The fourth-order valence-corrected chi connectivity index (χ4v) is 2.25. The van der Waals surface area contributed by atoms with Gasteiger partial charge in [0.25, 0.3) is 0 Å². The molecule has 0 unspecified atom stereocenters. The number of benzene rings is 2. The summed E-state index contributed by atoms with van der Waals surface area (Å²) in [6, 6.07) is 7.63. The summed E-state index contributed by atoms with van der Waals surface area (Å²) in [7, 11) is 1.40. The van der Waals surface area contributed by atoms with Crippen molar-refractivity contribution in [1.82, 2.24) is 0 Å². The Kier molecular flexibility index (Phi) is 6.81. The van der Waals surface area contributed by atoms with E-state index in [2.05, 4.69) is 0 Å². The van der Waals surface area contributed by atoms with Crippen molar-refractivity contribution in [3.8, 4) is 16.9 Å². The zero-order chi connectivity index (χ0) is 18.5. The lowest BCUT2D eigenvalue weighted by molar-refractivity contribution is -0.137. The molecule has 1 nitrogen and oxygen atoms in total. The maximum absolute atomic E-state index is 14.0. The van der Waals surface area contributed by atoms with E-state index in [1.165, 1.54) is 25.3 Å². The van der Waals surface area contributed by atoms with Crippen LogP contribution in [0.4, 0.5) is 17.6 Å². The van der Waals surface area contributed by atoms with Crippen LogP contribution in [0.5, 0.6) is 5.75 Å². The van der Waals surface area contributed by atoms with Crippen LogP contribution >= 0.6 is 0 Å². The van der Waals surface area contributed by atoms with Gasteiger partial charge in [-0.2, -0.15) is 13.2 Å². The van der Waals surface area contributed by atoms with Gasteiger partial charge in [0.15, 0.2) is 0 Å².